The van der Waals surface area contributed by atoms with Gasteiger partial charge >= 0.3 is 0 Å². The Bertz CT molecular complexity index is 855. The molecular formula is C23H28BrN3O. The summed E-state index contributed by atoms with van der Waals surface area (Å²) >= 11 is 3.55. The molecule has 0 amide bonds. The van der Waals surface area contributed by atoms with Crippen LogP contribution in [-0.4, -0.2) is 62.9 Å². The molecule has 0 bridgehead atoms. The lowest BCUT2D eigenvalue weighted by molar-refractivity contribution is 0.104. The highest BCUT2D eigenvalue weighted by Crippen LogP contribution is 2.25. The number of nitrogens with zero attached hydrogens (tertiary/aromatic N) is 3. The summed E-state index contributed by atoms with van der Waals surface area (Å²) in [6.07, 6.45) is 3.61. The molecule has 3 rings (SSSR count). The van der Waals surface area contributed by atoms with Gasteiger partial charge in [0.15, 0.2) is 5.78 Å². The second-order valence-corrected chi connectivity index (χ2v) is 8.44. The van der Waals surface area contributed by atoms with Crippen molar-refractivity contribution in [1.29, 1.82) is 0 Å². The molecule has 4 nitrogen and oxygen atoms in total. The normalized spacial score (nSPS) is 15.5. The lowest BCUT2D eigenvalue weighted by Gasteiger charge is -2.34. The van der Waals surface area contributed by atoms with Gasteiger partial charge in [-0.15, -0.1) is 0 Å². The van der Waals surface area contributed by atoms with Gasteiger partial charge in [0.1, 0.15) is 0 Å². The van der Waals surface area contributed by atoms with E-state index in [4.69, 9.17) is 0 Å². The number of carbonyl (C=O) groups excluding carboxylic acids is 1. The number of benzene rings is 2. The summed E-state index contributed by atoms with van der Waals surface area (Å²) in [5, 5.41) is 0. The van der Waals surface area contributed by atoms with Gasteiger partial charge in [0.2, 0.25) is 0 Å². The summed E-state index contributed by atoms with van der Waals surface area (Å²) in [5.74, 6) is 0.0162. The minimum absolute atomic E-state index is 0.0162. The smallest absolute Gasteiger partial charge is 0.187 e. The number of hydrogen-bond donors (Lipinski definition) is 0. The van der Waals surface area contributed by atoms with Crippen LogP contribution >= 0.6 is 15.9 Å². The molecule has 0 atom stereocenters. The van der Waals surface area contributed by atoms with Gasteiger partial charge in [-0.1, -0.05) is 46.3 Å². The number of ketones is 1. The van der Waals surface area contributed by atoms with Crippen LogP contribution in [0.2, 0.25) is 0 Å². The molecule has 1 saturated heterocycles. The lowest BCUT2D eigenvalue weighted by atomic mass is 10.0. The maximum Gasteiger partial charge on any atom is 0.187 e. The molecule has 0 aliphatic carbocycles. The maximum atomic E-state index is 12.9. The van der Waals surface area contributed by atoms with E-state index >= 15 is 0 Å². The van der Waals surface area contributed by atoms with Crippen molar-refractivity contribution in [2.75, 3.05) is 52.2 Å². The number of rotatable bonds is 6. The predicted molar refractivity (Wildman–Crippen MR) is 121 cm³/mol. The second-order valence-electron chi connectivity index (χ2n) is 7.59. The predicted octanol–water partition coefficient (Wildman–Crippen LogP) is 4.16. The molecule has 2 aromatic rings. The third-order valence-electron chi connectivity index (χ3n) is 5.04. The van der Waals surface area contributed by atoms with Gasteiger partial charge in [-0.25, -0.2) is 0 Å². The minimum Gasteiger partial charge on any atom is -0.369 e. The Morgan fingerprint density at radius 2 is 1.82 bits per heavy atom. The van der Waals surface area contributed by atoms with Crippen LogP contribution in [0.25, 0.3) is 6.08 Å². The van der Waals surface area contributed by atoms with Crippen LogP contribution in [0.15, 0.2) is 53.0 Å². The van der Waals surface area contributed by atoms with E-state index in [9.17, 15) is 4.79 Å². The van der Waals surface area contributed by atoms with E-state index in [-0.39, 0.29) is 5.78 Å². The number of piperazine rings is 1. The lowest BCUT2D eigenvalue weighted by Crippen LogP contribution is -2.44. The first-order valence-corrected chi connectivity index (χ1v) is 10.4. The molecule has 1 aliphatic rings. The fraction of sp³-hybridized carbons (Fsp3) is 0.348. The molecule has 1 fully saturated rings. The number of hydrogen-bond acceptors (Lipinski definition) is 4. The van der Waals surface area contributed by atoms with Crippen LogP contribution in [-0.2, 0) is 6.54 Å². The van der Waals surface area contributed by atoms with Crippen LogP contribution in [0.1, 0.15) is 21.5 Å². The van der Waals surface area contributed by atoms with Crippen LogP contribution in [0, 0.1) is 0 Å². The van der Waals surface area contributed by atoms with Gasteiger partial charge in [-0.05, 0) is 56.5 Å². The number of halogens is 1. The summed E-state index contributed by atoms with van der Waals surface area (Å²) in [5.41, 5.74) is 4.11. The number of anilines is 1. The minimum atomic E-state index is 0.0162. The summed E-state index contributed by atoms with van der Waals surface area (Å²) in [7, 11) is 6.24. The fourth-order valence-corrected chi connectivity index (χ4v) is 3.84. The molecule has 1 heterocycles. The molecule has 2 aromatic carbocycles. The topological polar surface area (TPSA) is 26.8 Å². The number of carbonyl (C=O) groups is 1. The zero-order valence-electron chi connectivity index (χ0n) is 16.9. The molecule has 0 aromatic heterocycles. The van der Waals surface area contributed by atoms with Crippen LogP contribution in [0.3, 0.4) is 0 Å². The highest BCUT2D eigenvalue weighted by molar-refractivity contribution is 9.10. The molecule has 148 valence electrons. The zero-order valence-corrected chi connectivity index (χ0v) is 18.4. The highest BCUT2D eigenvalue weighted by atomic mass is 79.9. The van der Waals surface area contributed by atoms with Crippen molar-refractivity contribution in [3.05, 3.63) is 69.7 Å². The highest BCUT2D eigenvalue weighted by Gasteiger charge is 2.16. The van der Waals surface area contributed by atoms with E-state index in [1.165, 1.54) is 5.56 Å². The molecule has 28 heavy (non-hydrogen) atoms. The molecule has 0 spiro atoms. The Labute approximate surface area is 176 Å². The van der Waals surface area contributed by atoms with Gasteiger partial charge < -0.3 is 14.7 Å². The van der Waals surface area contributed by atoms with Gasteiger partial charge in [0.05, 0.1) is 0 Å². The van der Waals surface area contributed by atoms with E-state index in [0.717, 1.165) is 48.4 Å². The van der Waals surface area contributed by atoms with Crippen molar-refractivity contribution < 1.29 is 4.79 Å². The van der Waals surface area contributed by atoms with E-state index in [0.29, 0.717) is 5.56 Å². The molecule has 0 radical (unpaired) electrons. The van der Waals surface area contributed by atoms with Gasteiger partial charge in [-0.2, -0.15) is 0 Å². The van der Waals surface area contributed by atoms with E-state index < -0.39 is 0 Å². The summed E-state index contributed by atoms with van der Waals surface area (Å²) < 4.78 is 0.835. The van der Waals surface area contributed by atoms with E-state index in [1.807, 2.05) is 44.4 Å². The summed E-state index contributed by atoms with van der Waals surface area (Å²) in [4.78, 5) is 19.7. The second kappa shape index (κ2) is 9.50. The number of allylic oxidation sites excluding steroid dienone is 1. The molecule has 1 aliphatic heterocycles. The summed E-state index contributed by atoms with van der Waals surface area (Å²) in [6.45, 7) is 4.90. The molecule has 5 heteroatoms. The van der Waals surface area contributed by atoms with Crippen molar-refractivity contribution in [3.63, 3.8) is 0 Å². The summed E-state index contributed by atoms with van der Waals surface area (Å²) in [6, 6.07) is 14.3. The first-order valence-electron chi connectivity index (χ1n) is 9.62. The first kappa shape index (κ1) is 20.8. The standard InChI is InChI=1S/C23H28BrN3O/c1-25(2)17-19-7-5-4-6-18(19)8-11-23(28)21-16-20(9-10-22(21)24)27-14-12-26(3)13-15-27/h4-11,16H,12-15,17H2,1-3H3. The maximum absolute atomic E-state index is 12.9. The van der Waals surface area contributed by atoms with E-state index in [2.05, 4.69) is 55.9 Å². The molecule has 0 unspecified atom stereocenters. The Morgan fingerprint density at radius 3 is 2.54 bits per heavy atom. The Hall–Kier alpha value is -1.95. The van der Waals surface area contributed by atoms with Crippen LogP contribution in [0.4, 0.5) is 5.69 Å². The quantitative estimate of drug-likeness (QED) is 0.496. The van der Waals surface area contributed by atoms with Crippen molar-refractivity contribution in [3.8, 4) is 0 Å². The first-order chi connectivity index (χ1) is 13.4. The average molecular weight is 442 g/mol. The van der Waals surface area contributed by atoms with E-state index in [1.54, 1.807) is 6.08 Å². The molecule has 0 N–H and O–H groups in total. The van der Waals surface area contributed by atoms with Crippen molar-refractivity contribution >= 4 is 33.5 Å². The third kappa shape index (κ3) is 5.31. The van der Waals surface area contributed by atoms with Crippen molar-refractivity contribution in [1.82, 2.24) is 9.80 Å². The van der Waals surface area contributed by atoms with Crippen LogP contribution in [0.5, 0.6) is 0 Å². The van der Waals surface area contributed by atoms with Crippen LogP contribution < -0.4 is 4.90 Å². The average Bonchev–Trinajstić information content (AvgIpc) is 2.68. The van der Waals surface area contributed by atoms with Gasteiger partial charge in [0.25, 0.3) is 0 Å². The SMILES string of the molecule is CN(C)Cc1ccccc1C=CC(=O)c1cc(N2CCN(C)CC2)ccc1Br. The molecule has 0 saturated carbocycles. The number of likely N-dealkylation sites (N-methyl/N-ethyl adjacent to an activating group) is 1. The Kier molecular flexibility index (Phi) is 7.05. The monoisotopic (exact) mass is 441 g/mol. The van der Waals surface area contributed by atoms with Gasteiger partial charge in [-0.3, -0.25) is 4.79 Å². The fourth-order valence-electron chi connectivity index (χ4n) is 3.40. The van der Waals surface area contributed by atoms with Gasteiger partial charge in [0, 0.05) is 48.4 Å². The molecular weight excluding hydrogens is 414 g/mol. The van der Waals surface area contributed by atoms with Crippen molar-refractivity contribution in [2.45, 2.75) is 6.54 Å². The largest absolute Gasteiger partial charge is 0.369 e. The Morgan fingerprint density at radius 1 is 1.11 bits per heavy atom. The Balaban J connectivity index is 1.79. The van der Waals surface area contributed by atoms with Crippen molar-refractivity contribution in [2.24, 2.45) is 0 Å². The zero-order chi connectivity index (χ0) is 20.1. The third-order valence-corrected chi connectivity index (χ3v) is 5.73.